The van der Waals surface area contributed by atoms with Gasteiger partial charge in [-0.25, -0.2) is 13.8 Å². The molecule has 0 saturated carbocycles. The lowest BCUT2D eigenvalue weighted by Gasteiger charge is -2.30. The second kappa shape index (κ2) is 7.21. The molecule has 1 aromatic carbocycles. The molecule has 1 saturated heterocycles. The topological polar surface area (TPSA) is 45.7 Å². The van der Waals surface area contributed by atoms with Crippen LogP contribution in [0.15, 0.2) is 18.3 Å². The molecule has 0 radical (unpaired) electrons. The van der Waals surface area contributed by atoms with Crippen LogP contribution in [-0.4, -0.2) is 44.7 Å². The third-order valence-corrected chi connectivity index (χ3v) is 4.51. The molecule has 2 heterocycles. The Kier molecular flexibility index (Phi) is 5.01. The second-order valence-corrected chi connectivity index (χ2v) is 6.26. The van der Waals surface area contributed by atoms with Gasteiger partial charge in [0.25, 0.3) is 0 Å². The summed E-state index contributed by atoms with van der Waals surface area (Å²) in [5, 5.41) is 0.692. The van der Waals surface area contributed by atoms with Crippen LogP contribution in [0.5, 0.6) is 0 Å². The third-order valence-electron chi connectivity index (χ3n) is 4.51. The van der Waals surface area contributed by atoms with Gasteiger partial charge in [0.1, 0.15) is 24.0 Å². The molecule has 1 aliphatic rings. The number of pyridine rings is 1. The van der Waals surface area contributed by atoms with E-state index in [0.29, 0.717) is 22.3 Å². The van der Waals surface area contributed by atoms with Gasteiger partial charge in [-0.3, -0.25) is 4.79 Å². The Hall–Kier alpha value is -2.44. The van der Waals surface area contributed by atoms with Crippen LogP contribution in [0.1, 0.15) is 19.3 Å². The van der Waals surface area contributed by atoms with E-state index < -0.39 is 17.6 Å². The van der Waals surface area contributed by atoms with Crippen LogP contribution in [0, 0.1) is 11.6 Å². The molecule has 1 fully saturated rings. The number of aromatic nitrogens is 1. The highest BCUT2D eigenvalue weighted by Crippen LogP contribution is 2.35. The number of esters is 1. The van der Waals surface area contributed by atoms with E-state index >= 15 is 0 Å². The summed E-state index contributed by atoms with van der Waals surface area (Å²) in [6.07, 6.45) is 4.83. The Morgan fingerprint density at radius 2 is 2.00 bits per heavy atom. The van der Waals surface area contributed by atoms with Crippen molar-refractivity contribution in [3.63, 3.8) is 0 Å². The highest BCUT2D eigenvalue weighted by atomic mass is 19.1. The molecule has 1 aliphatic heterocycles. The molecule has 0 amide bonds. The smallest absolute Gasteiger partial charge is 0.325 e. The van der Waals surface area contributed by atoms with Crippen molar-refractivity contribution in [1.82, 2.24) is 4.98 Å². The van der Waals surface area contributed by atoms with Crippen LogP contribution in [0.25, 0.3) is 10.8 Å². The lowest BCUT2D eigenvalue weighted by Crippen LogP contribution is -2.30. The summed E-state index contributed by atoms with van der Waals surface area (Å²) in [4.78, 5) is 19.5. The Bertz CT molecular complexity index is 791. The van der Waals surface area contributed by atoms with Gasteiger partial charge in [-0.2, -0.15) is 0 Å². The Labute approximate surface area is 145 Å². The van der Waals surface area contributed by atoms with E-state index in [2.05, 4.69) is 14.6 Å². The Morgan fingerprint density at radius 3 is 2.68 bits per heavy atom. The first-order valence-electron chi connectivity index (χ1n) is 8.32. The number of piperidine rings is 1. The molecule has 2 aromatic rings. The average molecular weight is 349 g/mol. The van der Waals surface area contributed by atoms with E-state index in [0.717, 1.165) is 38.4 Å². The predicted octanol–water partition coefficient (Wildman–Crippen LogP) is 3.11. The number of rotatable bonds is 4. The van der Waals surface area contributed by atoms with Crippen LogP contribution in [-0.2, 0) is 9.53 Å². The summed E-state index contributed by atoms with van der Waals surface area (Å²) in [7, 11) is 2.93. The van der Waals surface area contributed by atoms with Crippen molar-refractivity contribution < 1.29 is 18.3 Å². The van der Waals surface area contributed by atoms with Gasteiger partial charge in [0.2, 0.25) is 0 Å². The first kappa shape index (κ1) is 17.4. The summed E-state index contributed by atoms with van der Waals surface area (Å²) >= 11 is 0. The highest BCUT2D eigenvalue weighted by Gasteiger charge is 2.21. The lowest BCUT2D eigenvalue weighted by molar-refractivity contribution is -0.138. The van der Waals surface area contributed by atoms with Crippen molar-refractivity contribution in [1.29, 1.82) is 0 Å². The van der Waals surface area contributed by atoms with Crippen LogP contribution < -0.4 is 9.80 Å². The maximum absolute atomic E-state index is 14.6. The zero-order chi connectivity index (χ0) is 18.0. The minimum atomic E-state index is -0.671. The number of methoxy groups -OCH3 is 1. The molecule has 134 valence electrons. The number of ether oxygens (including phenoxy) is 1. The second-order valence-electron chi connectivity index (χ2n) is 6.26. The van der Waals surface area contributed by atoms with E-state index in [1.165, 1.54) is 18.1 Å². The van der Waals surface area contributed by atoms with Gasteiger partial charge in [-0.05, 0) is 25.3 Å². The summed E-state index contributed by atoms with van der Waals surface area (Å²) in [5.74, 6) is -1.39. The number of fused-ring (bicyclic) bond motifs is 1. The van der Waals surface area contributed by atoms with E-state index in [1.807, 2.05) is 0 Å². The largest absolute Gasteiger partial charge is 0.468 e. The lowest BCUT2D eigenvalue weighted by atomic mass is 10.1. The minimum absolute atomic E-state index is 0.0558. The number of anilines is 2. The van der Waals surface area contributed by atoms with Crippen molar-refractivity contribution in [3.05, 3.63) is 30.0 Å². The van der Waals surface area contributed by atoms with Gasteiger partial charge < -0.3 is 14.5 Å². The third kappa shape index (κ3) is 3.50. The fraction of sp³-hybridized carbons (Fsp3) is 0.444. The number of likely N-dealkylation sites (N-methyl/N-ethyl adjacent to an activating group) is 1. The maximum atomic E-state index is 14.6. The molecule has 0 aliphatic carbocycles. The van der Waals surface area contributed by atoms with Crippen molar-refractivity contribution >= 4 is 28.2 Å². The normalized spacial score (nSPS) is 14.6. The van der Waals surface area contributed by atoms with Gasteiger partial charge in [0.05, 0.1) is 19.0 Å². The Balaban J connectivity index is 2.12. The van der Waals surface area contributed by atoms with E-state index in [-0.39, 0.29) is 6.54 Å². The van der Waals surface area contributed by atoms with Gasteiger partial charge >= 0.3 is 5.97 Å². The van der Waals surface area contributed by atoms with Gasteiger partial charge in [-0.1, -0.05) is 0 Å². The maximum Gasteiger partial charge on any atom is 0.325 e. The average Bonchev–Trinajstić information content (AvgIpc) is 2.61. The van der Waals surface area contributed by atoms with Crippen molar-refractivity contribution in [2.45, 2.75) is 19.3 Å². The molecule has 0 unspecified atom stereocenters. The highest BCUT2D eigenvalue weighted by molar-refractivity contribution is 6.01. The number of carbonyl (C=O) groups is 1. The number of benzene rings is 1. The van der Waals surface area contributed by atoms with Crippen LogP contribution >= 0.6 is 0 Å². The molecule has 1 aromatic heterocycles. The van der Waals surface area contributed by atoms with Crippen LogP contribution in [0.2, 0.25) is 0 Å². The summed E-state index contributed by atoms with van der Waals surface area (Å²) < 4.78 is 33.1. The number of nitrogens with zero attached hydrogens (tertiary/aromatic N) is 3. The van der Waals surface area contributed by atoms with Crippen LogP contribution in [0.4, 0.5) is 20.3 Å². The van der Waals surface area contributed by atoms with Crippen LogP contribution in [0.3, 0.4) is 0 Å². The molecule has 0 N–H and O–H groups in total. The number of hydrogen-bond acceptors (Lipinski definition) is 5. The molecule has 5 nitrogen and oxygen atoms in total. The summed E-state index contributed by atoms with van der Waals surface area (Å²) in [6.45, 7) is 1.59. The quantitative estimate of drug-likeness (QED) is 0.794. The van der Waals surface area contributed by atoms with Gasteiger partial charge in [-0.15, -0.1) is 0 Å². The number of hydrogen-bond donors (Lipinski definition) is 0. The fourth-order valence-electron chi connectivity index (χ4n) is 3.28. The monoisotopic (exact) mass is 349 g/mol. The standard InChI is InChI=1S/C18H21F2N3O2/c1-22(11-16(24)25-2)18-13-8-12(19)9-14(20)17(13)15(10-21-18)23-6-4-3-5-7-23/h8-10H,3-7,11H2,1-2H3. The first-order valence-corrected chi connectivity index (χ1v) is 8.32. The van der Waals surface area contributed by atoms with Gasteiger partial charge in [0.15, 0.2) is 0 Å². The first-order chi connectivity index (χ1) is 12.0. The van der Waals surface area contributed by atoms with E-state index in [9.17, 15) is 13.6 Å². The van der Waals surface area contributed by atoms with Crippen molar-refractivity contribution in [2.24, 2.45) is 0 Å². The van der Waals surface area contributed by atoms with E-state index in [1.54, 1.807) is 13.2 Å². The van der Waals surface area contributed by atoms with Crippen molar-refractivity contribution in [2.75, 3.05) is 43.6 Å². The number of carbonyl (C=O) groups excluding carboxylic acids is 1. The van der Waals surface area contributed by atoms with Crippen molar-refractivity contribution in [3.8, 4) is 0 Å². The SMILES string of the molecule is COC(=O)CN(C)c1ncc(N2CCCCC2)c2c(F)cc(F)cc12. The van der Waals surface area contributed by atoms with Gasteiger partial charge in [0, 0.05) is 37.0 Å². The predicted molar refractivity (Wildman–Crippen MR) is 93.0 cm³/mol. The molecule has 0 bridgehead atoms. The Morgan fingerprint density at radius 1 is 1.28 bits per heavy atom. The molecule has 0 atom stereocenters. The molecular formula is C18H21F2N3O2. The molecule has 7 heteroatoms. The fourth-order valence-corrected chi connectivity index (χ4v) is 3.28. The summed E-state index contributed by atoms with van der Waals surface area (Å²) in [6, 6.07) is 2.15. The zero-order valence-electron chi connectivity index (χ0n) is 14.4. The molecule has 25 heavy (non-hydrogen) atoms. The zero-order valence-corrected chi connectivity index (χ0v) is 14.4. The summed E-state index contributed by atoms with van der Waals surface area (Å²) in [5.41, 5.74) is 0.669. The molecular weight excluding hydrogens is 328 g/mol. The number of halogens is 2. The minimum Gasteiger partial charge on any atom is -0.468 e. The molecule has 3 rings (SSSR count). The van der Waals surface area contributed by atoms with E-state index in [4.69, 9.17) is 0 Å². The molecule has 0 spiro atoms.